The number of aromatic nitrogens is 1. The van der Waals surface area contributed by atoms with E-state index in [0.717, 1.165) is 17.7 Å². The predicted octanol–water partition coefficient (Wildman–Crippen LogP) is 4.56. The number of pyridine rings is 1. The molecule has 1 aromatic heterocycles. The summed E-state index contributed by atoms with van der Waals surface area (Å²) in [6.07, 6.45) is -2.50. The minimum absolute atomic E-state index is 0.115. The van der Waals surface area contributed by atoms with Crippen LogP contribution in [0.4, 0.5) is 24.7 Å². The van der Waals surface area contributed by atoms with Gasteiger partial charge in [0.1, 0.15) is 5.82 Å². The highest BCUT2D eigenvalue weighted by Crippen LogP contribution is 2.29. The first-order chi connectivity index (χ1) is 17.0. The van der Waals surface area contributed by atoms with Crippen LogP contribution in [0.5, 0.6) is 0 Å². The Morgan fingerprint density at radius 3 is 2.39 bits per heavy atom. The molecule has 0 atom stereocenters. The van der Waals surface area contributed by atoms with Crippen molar-refractivity contribution in [3.63, 3.8) is 0 Å². The highest BCUT2D eigenvalue weighted by Gasteiger charge is 2.31. The number of sulfonamides is 1. The van der Waals surface area contributed by atoms with E-state index in [1.54, 1.807) is 36.4 Å². The number of amides is 1. The molecule has 1 saturated heterocycles. The maximum Gasteiger partial charge on any atom is 0.416 e. The Morgan fingerprint density at radius 1 is 0.972 bits per heavy atom. The molecule has 1 N–H and O–H groups in total. The van der Waals surface area contributed by atoms with Gasteiger partial charge in [0.25, 0.3) is 5.91 Å². The molecule has 3 aromatic rings. The van der Waals surface area contributed by atoms with Crippen LogP contribution >= 0.6 is 0 Å². The molecular formula is C25H25F3N4O3S. The number of nitrogens with zero attached hydrogens (tertiary/aromatic N) is 3. The van der Waals surface area contributed by atoms with Crippen LogP contribution in [0.2, 0.25) is 0 Å². The minimum Gasteiger partial charge on any atom is -0.355 e. The third-order valence-electron chi connectivity index (χ3n) is 5.90. The van der Waals surface area contributed by atoms with Crippen LogP contribution in [0.3, 0.4) is 0 Å². The first kappa shape index (κ1) is 25.6. The Labute approximate surface area is 207 Å². The zero-order valence-electron chi connectivity index (χ0n) is 19.5. The van der Waals surface area contributed by atoms with Gasteiger partial charge >= 0.3 is 6.18 Å². The Balaban J connectivity index is 1.40. The molecule has 1 fully saturated rings. The summed E-state index contributed by atoms with van der Waals surface area (Å²) < 4.78 is 66.3. The van der Waals surface area contributed by atoms with E-state index in [1.165, 1.54) is 22.6 Å². The number of nitrogens with one attached hydrogen (secondary N) is 1. The van der Waals surface area contributed by atoms with Gasteiger partial charge in [-0.25, -0.2) is 13.4 Å². The summed E-state index contributed by atoms with van der Waals surface area (Å²) in [7, 11) is -3.60. The lowest BCUT2D eigenvalue weighted by atomic mass is 10.1. The summed E-state index contributed by atoms with van der Waals surface area (Å²) in [6.45, 7) is 3.62. The third kappa shape index (κ3) is 5.85. The molecule has 0 radical (unpaired) electrons. The molecule has 4 rings (SSSR count). The number of aryl methyl sites for hydroxylation is 1. The first-order valence-electron chi connectivity index (χ1n) is 11.3. The summed E-state index contributed by atoms with van der Waals surface area (Å²) in [6, 6.07) is 14.3. The topological polar surface area (TPSA) is 82.6 Å². The standard InChI is InChI=1S/C25H25F3N4O3S/c1-18-6-9-22(10-7-18)36(34,35)32-13-3-12-31(14-15-32)23-11-8-21(17-29-23)30-24(33)19-4-2-5-20(16-19)25(26,27)28/h2,4-11,16-17H,3,12-15H2,1H3,(H,30,33). The zero-order chi connectivity index (χ0) is 25.9. The van der Waals surface area contributed by atoms with Gasteiger partial charge in [0.15, 0.2) is 0 Å². The minimum atomic E-state index is -4.54. The number of carbonyl (C=O) groups excluding carboxylic acids is 1. The largest absolute Gasteiger partial charge is 0.416 e. The molecule has 190 valence electrons. The Kier molecular flexibility index (Phi) is 7.32. The number of anilines is 2. The maximum atomic E-state index is 13.0. The first-order valence-corrected chi connectivity index (χ1v) is 12.7. The number of hydrogen-bond donors (Lipinski definition) is 1. The van der Waals surface area contributed by atoms with Gasteiger partial charge in [-0.2, -0.15) is 17.5 Å². The molecule has 1 amide bonds. The number of hydrogen-bond acceptors (Lipinski definition) is 5. The fourth-order valence-corrected chi connectivity index (χ4v) is 5.38. The van der Waals surface area contributed by atoms with Crippen molar-refractivity contribution in [1.82, 2.24) is 9.29 Å². The number of rotatable bonds is 5. The smallest absolute Gasteiger partial charge is 0.355 e. The quantitative estimate of drug-likeness (QED) is 0.536. The normalized spacial score (nSPS) is 15.4. The van der Waals surface area contributed by atoms with Crippen molar-refractivity contribution in [3.05, 3.63) is 83.6 Å². The van der Waals surface area contributed by atoms with Crippen molar-refractivity contribution in [2.24, 2.45) is 0 Å². The average molecular weight is 519 g/mol. The van der Waals surface area contributed by atoms with Crippen LogP contribution in [-0.4, -0.2) is 49.8 Å². The van der Waals surface area contributed by atoms with E-state index >= 15 is 0 Å². The molecule has 1 aliphatic rings. The zero-order valence-corrected chi connectivity index (χ0v) is 20.3. The Morgan fingerprint density at radius 2 is 1.72 bits per heavy atom. The van der Waals surface area contributed by atoms with Gasteiger partial charge < -0.3 is 10.2 Å². The van der Waals surface area contributed by atoms with Crippen LogP contribution < -0.4 is 10.2 Å². The van der Waals surface area contributed by atoms with Gasteiger partial charge in [-0.3, -0.25) is 4.79 Å². The molecule has 0 aliphatic carbocycles. The molecule has 0 bridgehead atoms. The summed E-state index contributed by atoms with van der Waals surface area (Å²) in [5, 5.41) is 2.55. The lowest BCUT2D eigenvalue weighted by molar-refractivity contribution is -0.137. The number of benzene rings is 2. The third-order valence-corrected chi connectivity index (χ3v) is 7.81. The van der Waals surface area contributed by atoms with Crippen LogP contribution in [0.1, 0.15) is 27.9 Å². The van der Waals surface area contributed by atoms with Crippen molar-refractivity contribution in [3.8, 4) is 0 Å². The van der Waals surface area contributed by atoms with E-state index in [-0.39, 0.29) is 10.5 Å². The Bertz CT molecular complexity index is 1330. The molecule has 0 unspecified atom stereocenters. The van der Waals surface area contributed by atoms with Crippen LogP contribution in [-0.2, 0) is 16.2 Å². The van der Waals surface area contributed by atoms with E-state index in [1.807, 2.05) is 11.8 Å². The van der Waals surface area contributed by atoms with Gasteiger partial charge in [0, 0.05) is 31.7 Å². The average Bonchev–Trinajstić information content (AvgIpc) is 3.11. The van der Waals surface area contributed by atoms with Gasteiger partial charge in [0.2, 0.25) is 10.0 Å². The SMILES string of the molecule is Cc1ccc(S(=O)(=O)N2CCCN(c3ccc(NC(=O)c4cccc(C(F)(F)F)c4)cn3)CC2)cc1. The predicted molar refractivity (Wildman–Crippen MR) is 130 cm³/mol. The molecule has 1 aliphatic heterocycles. The molecule has 0 saturated carbocycles. The number of carbonyl (C=O) groups is 1. The van der Waals surface area contributed by atoms with Crippen molar-refractivity contribution in [2.45, 2.75) is 24.4 Å². The summed E-state index contributed by atoms with van der Waals surface area (Å²) >= 11 is 0. The summed E-state index contributed by atoms with van der Waals surface area (Å²) in [4.78, 5) is 19.0. The van der Waals surface area contributed by atoms with Gasteiger partial charge in [0.05, 0.1) is 22.3 Å². The molecule has 0 spiro atoms. The monoisotopic (exact) mass is 518 g/mol. The molecule has 2 heterocycles. The van der Waals surface area contributed by atoms with Crippen LogP contribution in [0.25, 0.3) is 0 Å². The van der Waals surface area contributed by atoms with Crippen LogP contribution in [0.15, 0.2) is 71.8 Å². The summed E-state index contributed by atoms with van der Waals surface area (Å²) in [5.74, 6) is -0.0657. The highest BCUT2D eigenvalue weighted by atomic mass is 32.2. The van der Waals surface area contributed by atoms with Crippen molar-refractivity contribution in [1.29, 1.82) is 0 Å². The second-order valence-electron chi connectivity index (χ2n) is 8.50. The Hall–Kier alpha value is -3.44. The van der Waals surface area contributed by atoms with E-state index in [9.17, 15) is 26.4 Å². The lowest BCUT2D eigenvalue weighted by Gasteiger charge is -2.23. The van der Waals surface area contributed by atoms with Gasteiger partial charge in [-0.05, 0) is 55.8 Å². The molecule has 11 heteroatoms. The second kappa shape index (κ2) is 10.3. The summed E-state index contributed by atoms with van der Waals surface area (Å²) in [5.41, 5.74) is 0.301. The van der Waals surface area contributed by atoms with Gasteiger partial charge in [-0.15, -0.1) is 0 Å². The fourth-order valence-electron chi connectivity index (χ4n) is 3.91. The maximum absolute atomic E-state index is 13.0. The molecule has 36 heavy (non-hydrogen) atoms. The molecule has 2 aromatic carbocycles. The highest BCUT2D eigenvalue weighted by molar-refractivity contribution is 7.89. The van der Waals surface area contributed by atoms with Gasteiger partial charge in [-0.1, -0.05) is 23.8 Å². The molecule has 7 nitrogen and oxygen atoms in total. The number of halogens is 3. The van der Waals surface area contributed by atoms with Crippen LogP contribution in [0, 0.1) is 6.92 Å². The van der Waals surface area contributed by atoms with Crippen molar-refractivity contribution in [2.75, 3.05) is 36.4 Å². The van der Waals surface area contributed by atoms with E-state index in [2.05, 4.69) is 10.3 Å². The number of alkyl halides is 3. The van der Waals surface area contributed by atoms with Crippen molar-refractivity contribution >= 4 is 27.4 Å². The van der Waals surface area contributed by atoms with E-state index in [4.69, 9.17) is 0 Å². The van der Waals surface area contributed by atoms with E-state index < -0.39 is 27.7 Å². The lowest BCUT2D eigenvalue weighted by Crippen LogP contribution is -2.35. The molecular weight excluding hydrogens is 493 g/mol. The fraction of sp³-hybridized carbons (Fsp3) is 0.280. The van der Waals surface area contributed by atoms with E-state index in [0.29, 0.717) is 44.1 Å². The second-order valence-corrected chi connectivity index (χ2v) is 10.4. The van der Waals surface area contributed by atoms with Crippen molar-refractivity contribution < 1.29 is 26.4 Å².